The maximum absolute atomic E-state index is 13.0. The average molecular weight is 253 g/mol. The van der Waals surface area contributed by atoms with E-state index in [-0.39, 0.29) is 6.42 Å². The van der Waals surface area contributed by atoms with E-state index in [4.69, 9.17) is 0 Å². The van der Waals surface area contributed by atoms with Crippen molar-refractivity contribution in [1.82, 2.24) is 15.0 Å². The van der Waals surface area contributed by atoms with Gasteiger partial charge in [0.15, 0.2) is 11.6 Å². The fourth-order valence-corrected chi connectivity index (χ4v) is 1.74. The van der Waals surface area contributed by atoms with Gasteiger partial charge in [-0.1, -0.05) is 11.3 Å². The van der Waals surface area contributed by atoms with Crippen LogP contribution in [0.1, 0.15) is 11.3 Å². The number of benzene rings is 1. The molecule has 1 unspecified atom stereocenters. The van der Waals surface area contributed by atoms with Crippen molar-refractivity contribution in [1.29, 1.82) is 0 Å². The highest BCUT2D eigenvalue weighted by molar-refractivity contribution is 5.18. The van der Waals surface area contributed by atoms with E-state index in [9.17, 15) is 13.9 Å². The normalized spacial score (nSPS) is 12.7. The van der Waals surface area contributed by atoms with Gasteiger partial charge < -0.3 is 5.11 Å². The van der Waals surface area contributed by atoms with Crippen LogP contribution in [0.2, 0.25) is 0 Å². The van der Waals surface area contributed by atoms with E-state index in [1.807, 2.05) is 0 Å². The Morgan fingerprint density at radius 2 is 2.06 bits per heavy atom. The van der Waals surface area contributed by atoms with Gasteiger partial charge >= 0.3 is 0 Å². The molecule has 1 aromatic heterocycles. The van der Waals surface area contributed by atoms with E-state index in [1.165, 1.54) is 6.07 Å². The van der Waals surface area contributed by atoms with Crippen molar-refractivity contribution < 1.29 is 13.9 Å². The molecule has 2 rings (SSSR count). The van der Waals surface area contributed by atoms with Crippen LogP contribution in [0.15, 0.2) is 24.4 Å². The van der Waals surface area contributed by atoms with E-state index >= 15 is 0 Å². The molecule has 0 saturated heterocycles. The van der Waals surface area contributed by atoms with Crippen molar-refractivity contribution in [3.63, 3.8) is 0 Å². The monoisotopic (exact) mass is 253 g/mol. The van der Waals surface area contributed by atoms with Gasteiger partial charge in [0, 0.05) is 19.7 Å². The highest BCUT2D eigenvalue weighted by Gasteiger charge is 2.11. The van der Waals surface area contributed by atoms with E-state index in [0.717, 1.165) is 12.1 Å². The van der Waals surface area contributed by atoms with Crippen LogP contribution in [-0.4, -0.2) is 26.2 Å². The zero-order valence-electron chi connectivity index (χ0n) is 9.85. The van der Waals surface area contributed by atoms with Crippen LogP contribution in [0.25, 0.3) is 0 Å². The molecule has 0 fully saturated rings. The number of aliphatic hydroxyl groups is 1. The summed E-state index contributed by atoms with van der Waals surface area (Å²) < 4.78 is 27.2. The summed E-state index contributed by atoms with van der Waals surface area (Å²) in [5.74, 6) is -1.79. The summed E-state index contributed by atoms with van der Waals surface area (Å²) >= 11 is 0. The number of hydrogen-bond donors (Lipinski definition) is 1. The summed E-state index contributed by atoms with van der Waals surface area (Å²) in [5.41, 5.74) is 1.21. The molecule has 1 heterocycles. The smallest absolute Gasteiger partial charge is 0.159 e. The highest BCUT2D eigenvalue weighted by atomic mass is 19.2. The molecule has 2 aromatic rings. The molecule has 0 aliphatic carbocycles. The van der Waals surface area contributed by atoms with Gasteiger partial charge in [0.05, 0.1) is 11.8 Å². The van der Waals surface area contributed by atoms with Gasteiger partial charge in [-0.2, -0.15) is 0 Å². The van der Waals surface area contributed by atoms with Crippen LogP contribution < -0.4 is 0 Å². The maximum atomic E-state index is 13.0. The summed E-state index contributed by atoms with van der Waals surface area (Å²) in [7, 11) is 1.73. The van der Waals surface area contributed by atoms with Crippen LogP contribution in [0, 0.1) is 11.6 Å². The van der Waals surface area contributed by atoms with Gasteiger partial charge in [0.25, 0.3) is 0 Å². The van der Waals surface area contributed by atoms with Crippen LogP contribution in [-0.2, 0) is 19.9 Å². The third-order valence-electron chi connectivity index (χ3n) is 2.55. The Balaban J connectivity index is 1.98. The zero-order valence-corrected chi connectivity index (χ0v) is 9.85. The quantitative estimate of drug-likeness (QED) is 0.892. The van der Waals surface area contributed by atoms with E-state index in [2.05, 4.69) is 10.3 Å². The topological polar surface area (TPSA) is 50.9 Å². The highest BCUT2D eigenvalue weighted by Crippen LogP contribution is 2.12. The number of nitrogens with zero attached hydrogens (tertiary/aromatic N) is 3. The Hall–Kier alpha value is -1.82. The van der Waals surface area contributed by atoms with Gasteiger partial charge in [-0.25, -0.2) is 8.78 Å². The minimum Gasteiger partial charge on any atom is -0.392 e. The lowest BCUT2D eigenvalue weighted by Crippen LogP contribution is -2.14. The van der Waals surface area contributed by atoms with Crippen LogP contribution >= 0.6 is 0 Å². The first kappa shape index (κ1) is 12.6. The minimum absolute atomic E-state index is 0.244. The third kappa shape index (κ3) is 3.10. The number of halogens is 2. The van der Waals surface area contributed by atoms with Crippen LogP contribution in [0.5, 0.6) is 0 Å². The Morgan fingerprint density at radius 3 is 2.67 bits per heavy atom. The molecule has 1 atom stereocenters. The van der Waals surface area contributed by atoms with E-state index < -0.39 is 17.7 Å². The number of aliphatic hydroxyl groups excluding tert-OH is 1. The van der Waals surface area contributed by atoms with E-state index in [0.29, 0.717) is 17.7 Å². The molecule has 96 valence electrons. The summed E-state index contributed by atoms with van der Waals surface area (Å²) in [6.07, 6.45) is 1.57. The third-order valence-corrected chi connectivity index (χ3v) is 2.55. The number of aryl methyl sites for hydroxylation is 1. The standard InChI is InChI=1S/C12H13F2N3O/c1-17-7-9(15-16-17)6-10(18)4-8-2-3-11(13)12(14)5-8/h2-3,5,7,10,18H,4,6H2,1H3. The fraction of sp³-hybridized carbons (Fsp3) is 0.333. The molecule has 4 nitrogen and oxygen atoms in total. The Labute approximate surface area is 103 Å². The van der Waals surface area contributed by atoms with E-state index in [1.54, 1.807) is 17.9 Å². The summed E-state index contributed by atoms with van der Waals surface area (Å²) in [6.45, 7) is 0. The van der Waals surface area contributed by atoms with Gasteiger partial charge in [0.1, 0.15) is 0 Å². The predicted molar refractivity (Wildman–Crippen MR) is 60.8 cm³/mol. The van der Waals surface area contributed by atoms with Crippen molar-refractivity contribution >= 4 is 0 Å². The molecule has 1 N–H and O–H groups in total. The molecule has 0 aliphatic rings. The van der Waals surface area contributed by atoms with Gasteiger partial charge in [0.2, 0.25) is 0 Å². The molecule has 0 aliphatic heterocycles. The number of aromatic nitrogens is 3. The van der Waals surface area contributed by atoms with Crippen molar-refractivity contribution in [3.8, 4) is 0 Å². The lowest BCUT2D eigenvalue weighted by Gasteiger charge is -2.08. The number of hydrogen-bond acceptors (Lipinski definition) is 3. The second-order valence-electron chi connectivity index (χ2n) is 4.19. The molecular formula is C12H13F2N3O. The lowest BCUT2D eigenvalue weighted by molar-refractivity contribution is 0.174. The van der Waals surface area contributed by atoms with Gasteiger partial charge in [-0.3, -0.25) is 4.68 Å². The van der Waals surface area contributed by atoms with Crippen LogP contribution in [0.4, 0.5) is 8.78 Å². The van der Waals surface area contributed by atoms with Gasteiger partial charge in [-0.05, 0) is 24.1 Å². The molecule has 6 heteroatoms. The molecular weight excluding hydrogens is 240 g/mol. The Bertz CT molecular complexity index is 542. The molecule has 18 heavy (non-hydrogen) atoms. The zero-order chi connectivity index (χ0) is 13.1. The first-order chi connectivity index (χ1) is 8.54. The van der Waals surface area contributed by atoms with Gasteiger partial charge in [-0.15, -0.1) is 5.10 Å². The first-order valence-electron chi connectivity index (χ1n) is 5.52. The summed E-state index contributed by atoms with van der Waals surface area (Å²) in [4.78, 5) is 0. The SMILES string of the molecule is Cn1cc(CC(O)Cc2ccc(F)c(F)c2)nn1. The number of rotatable bonds is 4. The van der Waals surface area contributed by atoms with Crippen molar-refractivity contribution in [2.75, 3.05) is 0 Å². The van der Waals surface area contributed by atoms with Crippen LogP contribution in [0.3, 0.4) is 0 Å². The average Bonchev–Trinajstić information content (AvgIpc) is 2.69. The lowest BCUT2D eigenvalue weighted by atomic mass is 10.0. The molecule has 0 radical (unpaired) electrons. The van der Waals surface area contributed by atoms with Crippen molar-refractivity contribution in [2.45, 2.75) is 18.9 Å². The summed E-state index contributed by atoms with van der Waals surface area (Å²) in [6, 6.07) is 3.60. The van der Waals surface area contributed by atoms with Crippen molar-refractivity contribution in [3.05, 3.63) is 47.3 Å². The summed E-state index contributed by atoms with van der Waals surface area (Å²) in [5, 5.41) is 17.4. The Kier molecular flexibility index (Phi) is 3.66. The molecule has 0 spiro atoms. The molecule has 1 aromatic carbocycles. The second kappa shape index (κ2) is 5.22. The minimum atomic E-state index is -0.904. The second-order valence-corrected chi connectivity index (χ2v) is 4.19. The molecule has 0 bridgehead atoms. The molecule has 0 saturated carbocycles. The molecule has 0 amide bonds. The Morgan fingerprint density at radius 1 is 1.28 bits per heavy atom. The van der Waals surface area contributed by atoms with Crippen molar-refractivity contribution in [2.24, 2.45) is 7.05 Å². The fourth-order valence-electron chi connectivity index (χ4n) is 1.74. The largest absolute Gasteiger partial charge is 0.392 e. The first-order valence-corrected chi connectivity index (χ1v) is 5.52. The maximum Gasteiger partial charge on any atom is 0.159 e. The predicted octanol–water partition coefficient (Wildman–Crippen LogP) is 1.24.